The molecule has 1 amide bonds. The first-order chi connectivity index (χ1) is 10.6. The summed E-state index contributed by atoms with van der Waals surface area (Å²) in [6.45, 7) is 4.79. The number of aromatic nitrogens is 2. The van der Waals surface area contributed by atoms with Gasteiger partial charge in [0.1, 0.15) is 0 Å². The summed E-state index contributed by atoms with van der Waals surface area (Å²) >= 11 is 4.69. The van der Waals surface area contributed by atoms with E-state index < -0.39 is 0 Å². The first-order valence-electron chi connectivity index (χ1n) is 6.97. The van der Waals surface area contributed by atoms with Crippen molar-refractivity contribution in [2.75, 3.05) is 18.6 Å². The molecule has 0 unspecified atom stereocenters. The van der Waals surface area contributed by atoms with Crippen molar-refractivity contribution in [1.82, 2.24) is 15.1 Å². The molecule has 118 valence electrons. The van der Waals surface area contributed by atoms with Crippen LogP contribution in [0.3, 0.4) is 0 Å². The molecule has 0 spiro atoms. The molecule has 0 aliphatic carbocycles. The molecule has 22 heavy (non-hydrogen) atoms. The van der Waals surface area contributed by atoms with Gasteiger partial charge in [-0.2, -0.15) is 0 Å². The van der Waals surface area contributed by atoms with E-state index in [9.17, 15) is 4.79 Å². The summed E-state index contributed by atoms with van der Waals surface area (Å²) in [5, 5.41) is 8.20. The number of benzene rings is 1. The average molecular weight is 354 g/mol. The Morgan fingerprint density at radius 2 is 1.91 bits per heavy atom. The Kier molecular flexibility index (Phi) is 6.72. The van der Waals surface area contributed by atoms with Gasteiger partial charge < -0.3 is 4.90 Å². The van der Waals surface area contributed by atoms with E-state index in [-0.39, 0.29) is 5.91 Å². The van der Waals surface area contributed by atoms with Gasteiger partial charge in [-0.25, -0.2) is 0 Å². The molecule has 0 bridgehead atoms. The second-order valence-electron chi connectivity index (χ2n) is 4.73. The summed E-state index contributed by atoms with van der Waals surface area (Å²) < 4.78 is 1.82. The van der Waals surface area contributed by atoms with Gasteiger partial charge in [-0.05, 0) is 23.8 Å². The van der Waals surface area contributed by atoms with Gasteiger partial charge >= 0.3 is 0 Å². The first-order valence-corrected chi connectivity index (χ1v) is 9.76. The Morgan fingerprint density at radius 1 is 1.23 bits per heavy atom. The van der Waals surface area contributed by atoms with E-state index in [4.69, 9.17) is 0 Å². The molecule has 1 aromatic carbocycles. The lowest BCUT2D eigenvalue weighted by atomic mass is 10.1. The number of amides is 1. The van der Waals surface area contributed by atoms with Crippen molar-refractivity contribution in [3.63, 3.8) is 0 Å². The van der Waals surface area contributed by atoms with E-state index >= 15 is 0 Å². The normalized spacial score (nSPS) is 10.7. The van der Waals surface area contributed by atoms with Gasteiger partial charge in [0.15, 0.2) is 8.68 Å². The predicted molar refractivity (Wildman–Crippen MR) is 94.7 cm³/mol. The molecule has 2 rings (SSSR count). The minimum atomic E-state index is 0.105. The standard InChI is InChI=1S/C15H19N3OS3/c1-4-20-14-16-17-15(22-14)21-10-13(19)18(3)9-12-8-6-5-7-11(12)2/h5-8H,4,9-10H2,1-3H3. The maximum atomic E-state index is 12.2. The lowest BCUT2D eigenvalue weighted by Crippen LogP contribution is -2.28. The number of nitrogens with zero attached hydrogens (tertiary/aromatic N) is 3. The fraction of sp³-hybridized carbons (Fsp3) is 0.400. The van der Waals surface area contributed by atoms with Gasteiger partial charge in [0.05, 0.1) is 5.75 Å². The highest BCUT2D eigenvalue weighted by Crippen LogP contribution is 2.28. The van der Waals surface area contributed by atoms with Crippen molar-refractivity contribution in [3.8, 4) is 0 Å². The number of hydrogen-bond acceptors (Lipinski definition) is 6. The summed E-state index contributed by atoms with van der Waals surface area (Å²) in [4.78, 5) is 14.0. The van der Waals surface area contributed by atoms with Crippen LogP contribution in [-0.2, 0) is 11.3 Å². The lowest BCUT2D eigenvalue weighted by molar-refractivity contribution is -0.127. The predicted octanol–water partition coefficient (Wildman–Crippen LogP) is 3.71. The molecular formula is C15H19N3OS3. The maximum absolute atomic E-state index is 12.2. The van der Waals surface area contributed by atoms with Crippen molar-refractivity contribution in [1.29, 1.82) is 0 Å². The second-order valence-corrected chi connectivity index (χ2v) is 8.44. The third-order valence-corrected chi connectivity index (χ3v) is 6.13. The highest BCUT2D eigenvalue weighted by Gasteiger charge is 2.13. The topological polar surface area (TPSA) is 46.1 Å². The molecule has 2 aromatic rings. The zero-order valence-corrected chi connectivity index (χ0v) is 15.4. The third-order valence-electron chi connectivity index (χ3n) is 3.07. The summed E-state index contributed by atoms with van der Waals surface area (Å²) in [7, 11) is 1.84. The molecule has 0 atom stereocenters. The number of thioether (sulfide) groups is 2. The monoisotopic (exact) mass is 353 g/mol. The SMILES string of the molecule is CCSc1nnc(SCC(=O)N(C)Cc2ccccc2C)s1. The zero-order valence-electron chi connectivity index (χ0n) is 12.9. The fourth-order valence-electron chi connectivity index (χ4n) is 1.80. The van der Waals surface area contributed by atoms with Crippen LogP contribution in [0.5, 0.6) is 0 Å². The number of rotatable bonds is 7. The summed E-state index contributed by atoms with van der Waals surface area (Å²) in [6, 6.07) is 8.14. The highest BCUT2D eigenvalue weighted by molar-refractivity contribution is 8.03. The van der Waals surface area contributed by atoms with Gasteiger partial charge in [0.2, 0.25) is 5.91 Å². The molecule has 1 aromatic heterocycles. The van der Waals surface area contributed by atoms with Gasteiger partial charge in [0.25, 0.3) is 0 Å². The molecule has 0 radical (unpaired) electrons. The molecule has 1 heterocycles. The molecule has 0 saturated carbocycles. The Balaban J connectivity index is 1.84. The van der Waals surface area contributed by atoms with Crippen LogP contribution >= 0.6 is 34.9 Å². The van der Waals surface area contributed by atoms with Gasteiger partial charge in [-0.3, -0.25) is 4.79 Å². The molecular weight excluding hydrogens is 334 g/mol. The van der Waals surface area contributed by atoms with Crippen LogP contribution in [0.2, 0.25) is 0 Å². The first kappa shape index (κ1) is 17.3. The highest BCUT2D eigenvalue weighted by atomic mass is 32.2. The third kappa shape index (κ3) is 5.00. The van der Waals surface area contributed by atoms with Crippen molar-refractivity contribution in [2.45, 2.75) is 29.1 Å². The zero-order chi connectivity index (χ0) is 15.9. The van der Waals surface area contributed by atoms with Crippen LogP contribution in [-0.4, -0.2) is 39.6 Å². The van der Waals surface area contributed by atoms with E-state index in [1.807, 2.05) is 19.2 Å². The molecule has 0 aliphatic rings. The number of aryl methyl sites for hydroxylation is 1. The molecule has 4 nitrogen and oxygen atoms in total. The van der Waals surface area contributed by atoms with Gasteiger partial charge in [0, 0.05) is 13.6 Å². The Bertz CT molecular complexity index is 630. The Labute approximate surface area is 143 Å². The molecule has 0 saturated heterocycles. The summed E-state index contributed by atoms with van der Waals surface area (Å²) in [5.74, 6) is 1.48. The van der Waals surface area contributed by atoms with Crippen LogP contribution < -0.4 is 0 Å². The van der Waals surface area contributed by atoms with Gasteiger partial charge in [-0.15, -0.1) is 10.2 Å². The quantitative estimate of drug-likeness (QED) is 0.710. The smallest absolute Gasteiger partial charge is 0.233 e. The molecule has 0 fully saturated rings. The van der Waals surface area contributed by atoms with E-state index in [1.54, 1.807) is 28.0 Å². The van der Waals surface area contributed by atoms with Gasteiger partial charge in [-0.1, -0.05) is 66.0 Å². The summed E-state index contributed by atoms with van der Waals surface area (Å²) in [5.41, 5.74) is 2.39. The minimum absolute atomic E-state index is 0.105. The number of carbonyl (C=O) groups is 1. The molecule has 7 heteroatoms. The van der Waals surface area contributed by atoms with Crippen LogP contribution in [0.15, 0.2) is 32.9 Å². The van der Waals surface area contributed by atoms with E-state index in [0.29, 0.717) is 12.3 Å². The Hall–Kier alpha value is -1.05. The van der Waals surface area contributed by atoms with Crippen molar-refractivity contribution >= 4 is 40.8 Å². The maximum Gasteiger partial charge on any atom is 0.233 e. The Morgan fingerprint density at radius 3 is 2.59 bits per heavy atom. The molecule has 0 aliphatic heterocycles. The van der Waals surface area contributed by atoms with E-state index in [0.717, 1.165) is 14.4 Å². The average Bonchev–Trinajstić information content (AvgIpc) is 2.95. The van der Waals surface area contributed by atoms with E-state index in [1.165, 1.54) is 22.9 Å². The lowest BCUT2D eigenvalue weighted by Gasteiger charge is -2.18. The largest absolute Gasteiger partial charge is 0.341 e. The van der Waals surface area contributed by atoms with Crippen LogP contribution in [0.25, 0.3) is 0 Å². The van der Waals surface area contributed by atoms with E-state index in [2.05, 4.69) is 36.2 Å². The fourth-order valence-corrected chi connectivity index (χ4v) is 4.66. The summed E-state index contributed by atoms with van der Waals surface area (Å²) in [6.07, 6.45) is 0. The number of hydrogen-bond donors (Lipinski definition) is 0. The van der Waals surface area contributed by atoms with Crippen molar-refractivity contribution in [2.24, 2.45) is 0 Å². The van der Waals surface area contributed by atoms with Crippen molar-refractivity contribution in [3.05, 3.63) is 35.4 Å². The molecule has 0 N–H and O–H groups in total. The van der Waals surface area contributed by atoms with Crippen molar-refractivity contribution < 1.29 is 4.79 Å². The van der Waals surface area contributed by atoms with Crippen LogP contribution in [0.1, 0.15) is 18.1 Å². The van der Waals surface area contributed by atoms with Crippen LogP contribution in [0, 0.1) is 6.92 Å². The number of carbonyl (C=O) groups excluding carboxylic acids is 1. The second kappa shape index (κ2) is 8.55. The minimum Gasteiger partial charge on any atom is -0.341 e. The van der Waals surface area contributed by atoms with Crippen LogP contribution in [0.4, 0.5) is 0 Å².